The van der Waals surface area contributed by atoms with Gasteiger partial charge in [-0.25, -0.2) is 0 Å². The molecule has 102 valence electrons. The number of aliphatic hydroxyl groups is 1. The summed E-state index contributed by atoms with van der Waals surface area (Å²) >= 11 is 0. The van der Waals surface area contributed by atoms with E-state index in [0.717, 1.165) is 11.3 Å². The third-order valence-corrected chi connectivity index (χ3v) is 3.42. The zero-order chi connectivity index (χ0) is 14.4. The van der Waals surface area contributed by atoms with Gasteiger partial charge in [0, 0.05) is 5.69 Å². The van der Waals surface area contributed by atoms with E-state index in [-0.39, 0.29) is 12.6 Å². The quantitative estimate of drug-likeness (QED) is 0.846. The van der Waals surface area contributed by atoms with Gasteiger partial charge in [-0.15, -0.1) is 0 Å². The van der Waals surface area contributed by atoms with Crippen molar-refractivity contribution in [3.63, 3.8) is 0 Å². The van der Waals surface area contributed by atoms with E-state index in [4.69, 9.17) is 5.26 Å². The number of para-hydroxylation sites is 1. The van der Waals surface area contributed by atoms with Crippen LogP contribution in [0.2, 0.25) is 0 Å². The van der Waals surface area contributed by atoms with Gasteiger partial charge in [0.25, 0.3) is 0 Å². The van der Waals surface area contributed by atoms with Crippen LogP contribution in [0.3, 0.4) is 0 Å². The van der Waals surface area contributed by atoms with Crippen LogP contribution in [-0.2, 0) is 0 Å². The number of nitrogens with zero attached hydrogens (tertiary/aromatic N) is 2. The molecule has 0 radical (unpaired) electrons. The Morgan fingerprint density at radius 1 is 1.05 bits per heavy atom. The van der Waals surface area contributed by atoms with Crippen LogP contribution in [0, 0.1) is 11.3 Å². The molecular formula is C17H18N2O. The molecule has 0 saturated carbocycles. The molecule has 0 fully saturated rings. The zero-order valence-corrected chi connectivity index (χ0v) is 11.5. The maximum atomic E-state index is 10.5. The van der Waals surface area contributed by atoms with Crippen LogP contribution in [0.1, 0.15) is 18.6 Å². The highest BCUT2D eigenvalue weighted by atomic mass is 16.3. The lowest BCUT2D eigenvalue weighted by Gasteiger charge is -2.32. The Labute approximate surface area is 119 Å². The summed E-state index contributed by atoms with van der Waals surface area (Å²) < 4.78 is 0. The summed E-state index contributed by atoms with van der Waals surface area (Å²) in [5.41, 5.74) is 1.80. The molecule has 0 heterocycles. The third kappa shape index (κ3) is 3.17. The molecule has 0 aromatic heterocycles. The average Bonchev–Trinajstić information content (AvgIpc) is 2.53. The van der Waals surface area contributed by atoms with Crippen molar-refractivity contribution in [2.24, 2.45) is 0 Å². The molecule has 0 bridgehead atoms. The van der Waals surface area contributed by atoms with Crippen molar-refractivity contribution in [3.8, 4) is 6.07 Å². The van der Waals surface area contributed by atoms with Crippen molar-refractivity contribution in [1.82, 2.24) is 0 Å². The summed E-state index contributed by atoms with van der Waals surface area (Å²) in [5.74, 6) is 0. The molecule has 0 aliphatic rings. The van der Waals surface area contributed by atoms with Crippen molar-refractivity contribution in [2.75, 3.05) is 11.4 Å². The van der Waals surface area contributed by atoms with Gasteiger partial charge in [-0.2, -0.15) is 5.26 Å². The van der Waals surface area contributed by atoms with Gasteiger partial charge in [0.05, 0.1) is 18.2 Å². The van der Waals surface area contributed by atoms with E-state index in [2.05, 4.69) is 6.07 Å². The Kier molecular flexibility index (Phi) is 4.75. The topological polar surface area (TPSA) is 47.3 Å². The van der Waals surface area contributed by atoms with Crippen molar-refractivity contribution in [2.45, 2.75) is 19.1 Å². The summed E-state index contributed by atoms with van der Waals surface area (Å²) in [7, 11) is 0. The number of anilines is 1. The summed E-state index contributed by atoms with van der Waals surface area (Å²) in [6.07, 6.45) is -0.634. The van der Waals surface area contributed by atoms with Crippen LogP contribution in [0.15, 0.2) is 60.7 Å². The smallest absolute Gasteiger partial charge is 0.106 e. The third-order valence-electron chi connectivity index (χ3n) is 3.42. The second-order valence-corrected chi connectivity index (χ2v) is 4.72. The number of rotatable bonds is 5. The van der Waals surface area contributed by atoms with E-state index in [0.29, 0.717) is 0 Å². The fourth-order valence-corrected chi connectivity index (χ4v) is 2.27. The van der Waals surface area contributed by atoms with E-state index in [1.807, 2.05) is 72.5 Å². The first-order valence-electron chi connectivity index (χ1n) is 6.65. The highest BCUT2D eigenvalue weighted by molar-refractivity contribution is 5.48. The van der Waals surface area contributed by atoms with Gasteiger partial charge in [-0.1, -0.05) is 48.5 Å². The molecule has 2 aromatic rings. The minimum absolute atomic E-state index is 0.181. The van der Waals surface area contributed by atoms with Gasteiger partial charge in [-0.3, -0.25) is 0 Å². The number of hydrogen-bond acceptors (Lipinski definition) is 3. The van der Waals surface area contributed by atoms with Gasteiger partial charge < -0.3 is 10.0 Å². The second kappa shape index (κ2) is 6.74. The van der Waals surface area contributed by atoms with Crippen molar-refractivity contribution >= 4 is 5.69 Å². The molecule has 0 aliphatic heterocycles. The average molecular weight is 266 g/mol. The second-order valence-electron chi connectivity index (χ2n) is 4.72. The predicted molar refractivity (Wildman–Crippen MR) is 80.3 cm³/mol. The number of benzene rings is 2. The first-order chi connectivity index (χ1) is 9.74. The van der Waals surface area contributed by atoms with Gasteiger partial charge >= 0.3 is 0 Å². The minimum Gasteiger partial charge on any atom is -0.386 e. The molecule has 2 atom stereocenters. The van der Waals surface area contributed by atoms with Crippen LogP contribution in [0.4, 0.5) is 5.69 Å². The van der Waals surface area contributed by atoms with E-state index in [9.17, 15) is 5.11 Å². The normalized spacial score (nSPS) is 13.2. The van der Waals surface area contributed by atoms with E-state index in [1.165, 1.54) is 0 Å². The first kappa shape index (κ1) is 14.1. The lowest BCUT2D eigenvalue weighted by atomic mass is 10.0. The van der Waals surface area contributed by atoms with E-state index in [1.54, 1.807) is 0 Å². The molecule has 0 amide bonds. The van der Waals surface area contributed by atoms with Gasteiger partial charge in [-0.05, 0) is 24.6 Å². The fraction of sp³-hybridized carbons (Fsp3) is 0.235. The highest BCUT2D eigenvalue weighted by Gasteiger charge is 2.23. The molecule has 3 nitrogen and oxygen atoms in total. The molecule has 0 saturated heterocycles. The Bertz CT molecular complexity index is 563. The SMILES string of the molecule is C[C@@H]([C@H](O)c1ccccc1)N(CC#N)c1ccccc1. The molecule has 2 aromatic carbocycles. The van der Waals surface area contributed by atoms with Gasteiger partial charge in [0.15, 0.2) is 0 Å². The van der Waals surface area contributed by atoms with Crippen LogP contribution in [0.5, 0.6) is 0 Å². The van der Waals surface area contributed by atoms with Gasteiger partial charge in [0.2, 0.25) is 0 Å². The predicted octanol–water partition coefficient (Wildman–Crippen LogP) is 3.14. The van der Waals surface area contributed by atoms with E-state index >= 15 is 0 Å². The van der Waals surface area contributed by atoms with Crippen molar-refractivity contribution in [3.05, 3.63) is 66.2 Å². The van der Waals surface area contributed by atoms with Crippen LogP contribution >= 0.6 is 0 Å². The van der Waals surface area contributed by atoms with Crippen molar-refractivity contribution < 1.29 is 5.11 Å². The van der Waals surface area contributed by atoms with Crippen molar-refractivity contribution in [1.29, 1.82) is 5.26 Å². The fourth-order valence-electron chi connectivity index (χ4n) is 2.27. The standard InChI is InChI=1S/C17H18N2O/c1-14(17(20)15-8-4-2-5-9-15)19(13-12-18)16-10-6-3-7-11-16/h2-11,14,17,20H,13H2,1H3/t14-,17-/m0/s1. The lowest BCUT2D eigenvalue weighted by Crippen LogP contribution is -2.38. The molecule has 0 unspecified atom stereocenters. The highest BCUT2D eigenvalue weighted by Crippen LogP contribution is 2.25. The summed E-state index contributed by atoms with van der Waals surface area (Å²) in [6, 6.07) is 21.2. The monoisotopic (exact) mass is 266 g/mol. The molecule has 20 heavy (non-hydrogen) atoms. The Balaban J connectivity index is 2.24. The first-order valence-corrected chi connectivity index (χ1v) is 6.65. The minimum atomic E-state index is -0.634. The number of aliphatic hydroxyl groups excluding tert-OH is 1. The molecule has 2 rings (SSSR count). The maximum absolute atomic E-state index is 10.5. The molecular weight excluding hydrogens is 248 g/mol. The molecule has 1 N–H and O–H groups in total. The molecule has 3 heteroatoms. The van der Waals surface area contributed by atoms with Crippen LogP contribution in [-0.4, -0.2) is 17.7 Å². The maximum Gasteiger partial charge on any atom is 0.106 e. The van der Waals surface area contributed by atoms with Crippen LogP contribution in [0.25, 0.3) is 0 Å². The summed E-state index contributed by atoms with van der Waals surface area (Å²) in [6.45, 7) is 2.18. The van der Waals surface area contributed by atoms with Crippen LogP contribution < -0.4 is 4.90 Å². The summed E-state index contributed by atoms with van der Waals surface area (Å²) in [5, 5.41) is 19.5. The lowest BCUT2D eigenvalue weighted by molar-refractivity contribution is 0.150. The number of nitriles is 1. The number of hydrogen-bond donors (Lipinski definition) is 1. The Morgan fingerprint density at radius 3 is 2.15 bits per heavy atom. The molecule has 0 aliphatic carbocycles. The molecule has 0 spiro atoms. The zero-order valence-electron chi connectivity index (χ0n) is 11.5. The van der Waals surface area contributed by atoms with E-state index < -0.39 is 6.10 Å². The Hall–Kier alpha value is -2.31. The Morgan fingerprint density at radius 2 is 1.60 bits per heavy atom. The largest absolute Gasteiger partial charge is 0.386 e. The summed E-state index contributed by atoms with van der Waals surface area (Å²) in [4.78, 5) is 1.91. The van der Waals surface area contributed by atoms with Gasteiger partial charge in [0.1, 0.15) is 6.54 Å².